The van der Waals surface area contributed by atoms with Crippen molar-refractivity contribution in [1.82, 2.24) is 4.90 Å². The average Bonchev–Trinajstić information content (AvgIpc) is 2.68. The van der Waals surface area contributed by atoms with Crippen LogP contribution in [0, 0.1) is 11.3 Å². The first-order valence-electron chi connectivity index (χ1n) is 5.98. The van der Waals surface area contributed by atoms with Crippen LogP contribution in [0.2, 0.25) is 0 Å². The normalized spacial score (nSPS) is 23.8. The number of hydrogen-bond donors (Lipinski definition) is 1. The summed E-state index contributed by atoms with van der Waals surface area (Å²) < 4.78 is 0. The topological polar surface area (TPSA) is 64.3 Å². The molecular weight excluding hydrogens is 228 g/mol. The van der Waals surface area contributed by atoms with E-state index >= 15 is 0 Å². The van der Waals surface area contributed by atoms with Gasteiger partial charge in [-0.1, -0.05) is 12.1 Å². The van der Waals surface area contributed by atoms with Crippen molar-refractivity contribution in [3.05, 3.63) is 35.4 Å². The van der Waals surface area contributed by atoms with E-state index in [0.717, 1.165) is 6.54 Å². The molecule has 0 saturated carbocycles. The molecule has 1 aromatic rings. The van der Waals surface area contributed by atoms with Gasteiger partial charge in [-0.15, -0.1) is 0 Å². The second-order valence-corrected chi connectivity index (χ2v) is 5.07. The summed E-state index contributed by atoms with van der Waals surface area (Å²) in [5.74, 6) is 0.0252. The average molecular weight is 244 g/mol. The molecule has 2 rings (SSSR count). The first-order chi connectivity index (χ1) is 8.50. The van der Waals surface area contributed by atoms with E-state index in [4.69, 9.17) is 5.26 Å². The lowest BCUT2D eigenvalue weighted by Crippen LogP contribution is -2.33. The SMILES string of the molecule is CC1(O)CCN(CC(=O)c2ccc(C#N)cc2)C1. The highest BCUT2D eigenvalue weighted by atomic mass is 16.3. The zero-order valence-electron chi connectivity index (χ0n) is 10.4. The third kappa shape index (κ3) is 2.95. The fraction of sp³-hybridized carbons (Fsp3) is 0.429. The molecule has 94 valence electrons. The molecule has 1 unspecified atom stereocenters. The van der Waals surface area contributed by atoms with Crippen molar-refractivity contribution >= 4 is 5.78 Å². The summed E-state index contributed by atoms with van der Waals surface area (Å²) in [6, 6.07) is 8.67. The maximum atomic E-state index is 12.0. The Morgan fingerprint density at radius 2 is 2.17 bits per heavy atom. The van der Waals surface area contributed by atoms with Crippen LogP contribution in [0.5, 0.6) is 0 Å². The molecule has 1 atom stereocenters. The van der Waals surface area contributed by atoms with Gasteiger partial charge in [0.05, 0.1) is 23.8 Å². The van der Waals surface area contributed by atoms with Gasteiger partial charge in [-0.05, 0) is 25.5 Å². The quantitative estimate of drug-likeness (QED) is 0.811. The van der Waals surface area contributed by atoms with Crippen molar-refractivity contribution in [1.29, 1.82) is 5.26 Å². The molecule has 1 heterocycles. The number of ketones is 1. The first kappa shape index (κ1) is 12.7. The van der Waals surface area contributed by atoms with Gasteiger partial charge in [0.2, 0.25) is 0 Å². The molecule has 1 aliphatic heterocycles. The maximum Gasteiger partial charge on any atom is 0.176 e. The predicted molar refractivity (Wildman–Crippen MR) is 67.2 cm³/mol. The highest BCUT2D eigenvalue weighted by molar-refractivity contribution is 5.97. The van der Waals surface area contributed by atoms with Crippen LogP contribution in [0.3, 0.4) is 0 Å². The fourth-order valence-corrected chi connectivity index (χ4v) is 2.20. The smallest absolute Gasteiger partial charge is 0.176 e. The monoisotopic (exact) mass is 244 g/mol. The van der Waals surface area contributed by atoms with Gasteiger partial charge < -0.3 is 5.11 Å². The number of nitriles is 1. The standard InChI is InChI=1S/C14H16N2O2/c1-14(18)6-7-16(10-14)9-13(17)12-4-2-11(8-15)3-5-12/h2-5,18H,6-7,9-10H2,1H3. The molecule has 0 amide bonds. The summed E-state index contributed by atoms with van der Waals surface area (Å²) in [5, 5.41) is 18.5. The molecule has 0 aliphatic carbocycles. The van der Waals surface area contributed by atoms with E-state index in [1.165, 1.54) is 0 Å². The second kappa shape index (κ2) is 4.89. The van der Waals surface area contributed by atoms with Gasteiger partial charge in [0.15, 0.2) is 5.78 Å². The lowest BCUT2D eigenvalue weighted by molar-refractivity contribution is 0.0669. The Bertz CT molecular complexity index is 486. The van der Waals surface area contributed by atoms with E-state index in [1.807, 2.05) is 11.0 Å². The summed E-state index contributed by atoms with van der Waals surface area (Å²) in [7, 11) is 0. The third-order valence-corrected chi connectivity index (χ3v) is 3.23. The summed E-state index contributed by atoms with van der Waals surface area (Å²) in [6.45, 7) is 3.39. The first-order valence-corrected chi connectivity index (χ1v) is 5.98. The molecule has 1 aliphatic rings. The van der Waals surface area contributed by atoms with Gasteiger partial charge >= 0.3 is 0 Å². The third-order valence-electron chi connectivity index (χ3n) is 3.23. The summed E-state index contributed by atoms with van der Waals surface area (Å²) in [5.41, 5.74) is 0.487. The number of benzene rings is 1. The van der Waals surface area contributed by atoms with Crippen molar-refractivity contribution in [3.8, 4) is 6.07 Å². The maximum absolute atomic E-state index is 12.0. The lowest BCUT2D eigenvalue weighted by Gasteiger charge is -2.18. The number of nitrogens with zero attached hydrogens (tertiary/aromatic N) is 2. The van der Waals surface area contributed by atoms with Crippen molar-refractivity contribution in [2.75, 3.05) is 19.6 Å². The van der Waals surface area contributed by atoms with Crippen molar-refractivity contribution in [2.45, 2.75) is 18.9 Å². The number of likely N-dealkylation sites (tertiary alicyclic amines) is 1. The van der Waals surface area contributed by atoms with E-state index in [2.05, 4.69) is 0 Å². The van der Waals surface area contributed by atoms with Gasteiger partial charge in [-0.25, -0.2) is 0 Å². The van der Waals surface area contributed by atoms with Crippen LogP contribution < -0.4 is 0 Å². The summed E-state index contributed by atoms with van der Waals surface area (Å²) >= 11 is 0. The van der Waals surface area contributed by atoms with Gasteiger partial charge in [0.1, 0.15) is 0 Å². The Morgan fingerprint density at radius 3 is 2.67 bits per heavy atom. The van der Waals surface area contributed by atoms with Crippen molar-refractivity contribution in [3.63, 3.8) is 0 Å². The van der Waals surface area contributed by atoms with E-state index in [9.17, 15) is 9.90 Å². The highest BCUT2D eigenvalue weighted by Crippen LogP contribution is 2.20. The molecule has 0 bridgehead atoms. The number of Topliss-reactive ketones (excluding diaryl/α,β-unsaturated/α-hetero) is 1. The molecule has 0 radical (unpaired) electrons. The predicted octanol–water partition coefficient (Wildman–Crippen LogP) is 1.20. The van der Waals surface area contributed by atoms with Crippen LogP contribution in [0.25, 0.3) is 0 Å². The van der Waals surface area contributed by atoms with E-state index in [0.29, 0.717) is 30.6 Å². The Kier molecular flexibility index (Phi) is 3.46. The van der Waals surface area contributed by atoms with E-state index in [1.54, 1.807) is 31.2 Å². The van der Waals surface area contributed by atoms with Crippen LogP contribution in [0.1, 0.15) is 29.3 Å². The van der Waals surface area contributed by atoms with Crippen LogP contribution in [0.4, 0.5) is 0 Å². The van der Waals surface area contributed by atoms with Gasteiger partial charge in [0, 0.05) is 18.7 Å². The molecule has 0 aromatic heterocycles. The van der Waals surface area contributed by atoms with Crippen molar-refractivity contribution in [2.24, 2.45) is 0 Å². The molecule has 1 fully saturated rings. The number of carbonyl (C=O) groups excluding carboxylic acids is 1. The number of hydrogen-bond acceptors (Lipinski definition) is 4. The van der Waals surface area contributed by atoms with Crippen LogP contribution in [-0.2, 0) is 0 Å². The number of β-amino-alcohol motifs (C(OH)–C–C–N with tert-alkyl or cyclic N) is 1. The zero-order chi connectivity index (χ0) is 13.2. The minimum absolute atomic E-state index is 0.0252. The number of rotatable bonds is 3. The van der Waals surface area contributed by atoms with Gasteiger partial charge in [-0.3, -0.25) is 9.69 Å². The number of aliphatic hydroxyl groups is 1. The summed E-state index contributed by atoms with van der Waals surface area (Å²) in [4.78, 5) is 14.0. The Morgan fingerprint density at radius 1 is 1.50 bits per heavy atom. The van der Waals surface area contributed by atoms with E-state index < -0.39 is 5.60 Å². The van der Waals surface area contributed by atoms with E-state index in [-0.39, 0.29) is 5.78 Å². The minimum atomic E-state index is -0.676. The lowest BCUT2D eigenvalue weighted by atomic mass is 10.1. The molecule has 1 N–H and O–H groups in total. The minimum Gasteiger partial charge on any atom is -0.389 e. The van der Waals surface area contributed by atoms with Crippen LogP contribution in [0.15, 0.2) is 24.3 Å². The zero-order valence-corrected chi connectivity index (χ0v) is 10.4. The molecule has 1 aromatic carbocycles. The largest absolute Gasteiger partial charge is 0.389 e. The number of carbonyl (C=O) groups is 1. The van der Waals surface area contributed by atoms with Gasteiger partial charge in [0.25, 0.3) is 0 Å². The molecule has 0 spiro atoms. The highest BCUT2D eigenvalue weighted by Gasteiger charge is 2.32. The second-order valence-electron chi connectivity index (χ2n) is 5.07. The van der Waals surface area contributed by atoms with Crippen molar-refractivity contribution < 1.29 is 9.90 Å². The molecule has 4 heteroatoms. The Balaban J connectivity index is 1.98. The summed E-state index contributed by atoms with van der Waals surface area (Å²) in [6.07, 6.45) is 0.702. The fourth-order valence-electron chi connectivity index (χ4n) is 2.20. The van der Waals surface area contributed by atoms with Gasteiger partial charge in [-0.2, -0.15) is 5.26 Å². The Hall–Kier alpha value is -1.70. The molecule has 1 saturated heterocycles. The van der Waals surface area contributed by atoms with Crippen LogP contribution >= 0.6 is 0 Å². The molecule has 18 heavy (non-hydrogen) atoms. The molecular formula is C14H16N2O2. The van der Waals surface area contributed by atoms with Crippen LogP contribution in [-0.4, -0.2) is 41.0 Å². The Labute approximate surface area is 106 Å². The molecule has 4 nitrogen and oxygen atoms in total.